The first-order valence-corrected chi connectivity index (χ1v) is 5.67. The van der Waals surface area contributed by atoms with Crippen LogP contribution in [0.15, 0.2) is 6.33 Å². The first kappa shape index (κ1) is 11.8. The van der Waals surface area contributed by atoms with E-state index in [9.17, 15) is 9.90 Å². The number of anilines is 1. The molecule has 2 rings (SSSR count). The number of hydrogen-bond acceptors (Lipinski definition) is 5. The van der Waals surface area contributed by atoms with Gasteiger partial charge in [0, 0.05) is 19.0 Å². The summed E-state index contributed by atoms with van der Waals surface area (Å²) in [5.74, 6) is 0.332. The van der Waals surface area contributed by atoms with Crippen molar-refractivity contribution in [3.05, 3.63) is 6.33 Å². The number of nitrogen functional groups attached to an aromatic ring is 1. The fourth-order valence-electron chi connectivity index (χ4n) is 2.03. The molecule has 0 spiro atoms. The minimum atomic E-state index is -0.366. The van der Waals surface area contributed by atoms with Crippen LogP contribution in [0, 0.1) is 5.92 Å². The number of rotatable bonds is 3. The number of carbonyl (C=O) groups excluding carboxylic acids is 1. The molecule has 2 atom stereocenters. The van der Waals surface area contributed by atoms with E-state index in [0.29, 0.717) is 13.1 Å². The van der Waals surface area contributed by atoms with Crippen molar-refractivity contribution in [2.45, 2.75) is 26.0 Å². The maximum atomic E-state index is 11.9. The van der Waals surface area contributed by atoms with Crippen molar-refractivity contribution in [2.75, 3.05) is 18.8 Å². The smallest absolute Gasteiger partial charge is 0.244 e. The highest BCUT2D eigenvalue weighted by Crippen LogP contribution is 2.19. The highest BCUT2D eigenvalue weighted by molar-refractivity contribution is 5.76. The van der Waals surface area contributed by atoms with Gasteiger partial charge in [0.1, 0.15) is 12.9 Å². The summed E-state index contributed by atoms with van der Waals surface area (Å²) in [5, 5.41) is 13.3. The van der Waals surface area contributed by atoms with Gasteiger partial charge in [-0.3, -0.25) is 4.79 Å². The van der Waals surface area contributed by atoms with E-state index in [2.05, 4.69) is 10.1 Å². The summed E-state index contributed by atoms with van der Waals surface area (Å²) in [7, 11) is 0. The zero-order chi connectivity index (χ0) is 12.4. The maximum Gasteiger partial charge on any atom is 0.244 e. The molecule has 1 amide bonds. The molecule has 2 unspecified atom stereocenters. The third-order valence-corrected chi connectivity index (χ3v) is 3.11. The van der Waals surface area contributed by atoms with E-state index in [1.807, 2.05) is 0 Å². The molecule has 0 aromatic carbocycles. The van der Waals surface area contributed by atoms with Crippen LogP contribution in [0.4, 0.5) is 5.95 Å². The lowest BCUT2D eigenvalue weighted by Crippen LogP contribution is -2.33. The first-order valence-electron chi connectivity index (χ1n) is 5.67. The fourth-order valence-corrected chi connectivity index (χ4v) is 2.03. The van der Waals surface area contributed by atoms with Crippen LogP contribution in [0.2, 0.25) is 0 Å². The molecule has 0 saturated carbocycles. The molecule has 0 bridgehead atoms. The number of amides is 1. The largest absolute Gasteiger partial charge is 0.393 e. The van der Waals surface area contributed by atoms with E-state index in [1.54, 1.807) is 11.8 Å². The topological polar surface area (TPSA) is 97.3 Å². The molecule has 3 N–H and O–H groups in total. The number of hydrogen-bond donors (Lipinski definition) is 2. The van der Waals surface area contributed by atoms with Crippen molar-refractivity contribution in [1.29, 1.82) is 0 Å². The number of nitrogens with zero attached hydrogens (tertiary/aromatic N) is 4. The van der Waals surface area contributed by atoms with Gasteiger partial charge >= 0.3 is 0 Å². The van der Waals surface area contributed by atoms with Crippen molar-refractivity contribution in [3.8, 4) is 0 Å². The summed E-state index contributed by atoms with van der Waals surface area (Å²) in [6, 6.07) is 0. The van der Waals surface area contributed by atoms with Gasteiger partial charge < -0.3 is 15.7 Å². The fraction of sp³-hybridized carbons (Fsp3) is 0.700. The monoisotopic (exact) mass is 239 g/mol. The predicted molar refractivity (Wildman–Crippen MR) is 60.8 cm³/mol. The molecule has 1 aliphatic heterocycles. The van der Waals surface area contributed by atoms with Crippen molar-refractivity contribution >= 4 is 11.9 Å². The Morgan fingerprint density at radius 3 is 3.06 bits per heavy atom. The number of likely N-dealkylation sites (tertiary alicyclic amines) is 1. The van der Waals surface area contributed by atoms with Crippen LogP contribution in [0.25, 0.3) is 0 Å². The second kappa shape index (κ2) is 4.70. The molecule has 7 nitrogen and oxygen atoms in total. The van der Waals surface area contributed by atoms with Gasteiger partial charge in [0.15, 0.2) is 0 Å². The van der Waals surface area contributed by atoms with Gasteiger partial charge in [-0.1, -0.05) is 0 Å². The molecule has 1 aromatic heterocycles. The Morgan fingerprint density at radius 1 is 1.76 bits per heavy atom. The lowest BCUT2D eigenvalue weighted by molar-refractivity contribution is -0.131. The predicted octanol–water partition coefficient (Wildman–Crippen LogP) is -0.910. The first-order chi connectivity index (χ1) is 8.06. The Balaban J connectivity index is 1.89. The van der Waals surface area contributed by atoms with Crippen LogP contribution in [-0.4, -0.2) is 49.9 Å². The molecule has 2 heterocycles. The summed E-state index contributed by atoms with van der Waals surface area (Å²) in [6.07, 6.45) is 1.92. The standard InChI is InChI=1S/C10H17N5O2/c1-7(16)8-2-3-14(4-8)9(17)5-15-6-12-10(11)13-15/h6-8,16H,2-5H2,1H3,(H2,11,13). The molecular weight excluding hydrogens is 222 g/mol. The minimum Gasteiger partial charge on any atom is -0.393 e. The van der Waals surface area contributed by atoms with Gasteiger partial charge in [-0.2, -0.15) is 0 Å². The van der Waals surface area contributed by atoms with Gasteiger partial charge in [-0.15, -0.1) is 5.10 Å². The van der Waals surface area contributed by atoms with E-state index in [1.165, 1.54) is 11.0 Å². The number of carbonyl (C=O) groups is 1. The third kappa shape index (κ3) is 2.73. The van der Waals surface area contributed by atoms with Crippen LogP contribution in [-0.2, 0) is 11.3 Å². The zero-order valence-corrected chi connectivity index (χ0v) is 9.78. The summed E-state index contributed by atoms with van der Waals surface area (Å²) >= 11 is 0. The summed E-state index contributed by atoms with van der Waals surface area (Å²) in [5.41, 5.74) is 5.37. The lowest BCUT2D eigenvalue weighted by atomic mass is 10.0. The van der Waals surface area contributed by atoms with Gasteiger partial charge in [0.2, 0.25) is 11.9 Å². The lowest BCUT2D eigenvalue weighted by Gasteiger charge is -2.17. The van der Waals surface area contributed by atoms with Crippen LogP contribution in [0.1, 0.15) is 13.3 Å². The minimum absolute atomic E-state index is 0.0157. The van der Waals surface area contributed by atoms with Crippen molar-refractivity contribution in [3.63, 3.8) is 0 Å². The second-order valence-electron chi connectivity index (χ2n) is 4.43. The molecular formula is C10H17N5O2. The zero-order valence-electron chi connectivity index (χ0n) is 9.78. The average molecular weight is 239 g/mol. The quantitative estimate of drug-likeness (QED) is 0.711. The van der Waals surface area contributed by atoms with Crippen molar-refractivity contribution in [1.82, 2.24) is 19.7 Å². The third-order valence-electron chi connectivity index (χ3n) is 3.11. The van der Waals surface area contributed by atoms with Crippen LogP contribution in [0.3, 0.4) is 0 Å². The summed E-state index contributed by atoms with van der Waals surface area (Å²) in [4.78, 5) is 17.4. The van der Waals surface area contributed by atoms with Crippen LogP contribution >= 0.6 is 0 Å². The van der Waals surface area contributed by atoms with Gasteiger partial charge in [-0.05, 0) is 13.3 Å². The molecule has 7 heteroatoms. The van der Waals surface area contributed by atoms with E-state index in [0.717, 1.165) is 6.42 Å². The number of aliphatic hydroxyl groups is 1. The molecule has 1 saturated heterocycles. The Hall–Kier alpha value is -1.63. The Kier molecular flexibility index (Phi) is 3.28. The van der Waals surface area contributed by atoms with Gasteiger partial charge in [0.05, 0.1) is 6.10 Å². The molecule has 0 aliphatic carbocycles. The Morgan fingerprint density at radius 2 is 2.53 bits per heavy atom. The number of aromatic nitrogens is 3. The van der Waals surface area contributed by atoms with Crippen molar-refractivity contribution in [2.24, 2.45) is 5.92 Å². The van der Waals surface area contributed by atoms with E-state index >= 15 is 0 Å². The maximum absolute atomic E-state index is 11.9. The average Bonchev–Trinajstić information content (AvgIpc) is 2.86. The summed E-state index contributed by atoms with van der Waals surface area (Å²) < 4.78 is 1.42. The normalized spacial score (nSPS) is 21.8. The molecule has 1 aromatic rings. The van der Waals surface area contributed by atoms with E-state index in [4.69, 9.17) is 5.73 Å². The van der Waals surface area contributed by atoms with Crippen molar-refractivity contribution < 1.29 is 9.90 Å². The van der Waals surface area contributed by atoms with Crippen LogP contribution < -0.4 is 5.73 Å². The molecule has 1 aliphatic rings. The van der Waals surface area contributed by atoms with E-state index in [-0.39, 0.29) is 30.4 Å². The van der Waals surface area contributed by atoms with E-state index < -0.39 is 0 Å². The SMILES string of the molecule is CC(O)C1CCN(C(=O)Cn2cnc(N)n2)C1. The highest BCUT2D eigenvalue weighted by Gasteiger charge is 2.29. The summed E-state index contributed by atoms with van der Waals surface area (Å²) in [6.45, 7) is 3.22. The molecule has 94 valence electrons. The molecule has 1 fully saturated rings. The number of aliphatic hydroxyl groups excluding tert-OH is 1. The molecule has 0 radical (unpaired) electrons. The van der Waals surface area contributed by atoms with Crippen LogP contribution in [0.5, 0.6) is 0 Å². The molecule has 17 heavy (non-hydrogen) atoms. The van der Waals surface area contributed by atoms with Gasteiger partial charge in [-0.25, -0.2) is 9.67 Å². The number of nitrogens with two attached hydrogens (primary N) is 1. The highest BCUT2D eigenvalue weighted by atomic mass is 16.3. The second-order valence-corrected chi connectivity index (χ2v) is 4.43. The Labute approximate surface area is 99.2 Å². The Bertz CT molecular complexity index is 403. The van der Waals surface area contributed by atoms with Gasteiger partial charge in [0.25, 0.3) is 0 Å².